The SMILES string of the molecule is COc1ccc(C(=O)CCCCCC(=O)N[C@H](CN2CCC[C@@H]2C)C(O)c2ccc3c(c2)OCCO3)cc1. The molecule has 206 valence electrons. The van der Waals surface area contributed by atoms with E-state index in [9.17, 15) is 14.7 Å². The van der Waals surface area contributed by atoms with Crippen LogP contribution in [0, 0.1) is 0 Å². The third kappa shape index (κ3) is 7.48. The lowest BCUT2D eigenvalue weighted by Crippen LogP contribution is -2.48. The Labute approximate surface area is 225 Å². The van der Waals surface area contributed by atoms with Crippen LogP contribution in [0.4, 0.5) is 0 Å². The second-order valence-corrected chi connectivity index (χ2v) is 10.2. The molecule has 2 N–H and O–H groups in total. The number of aliphatic hydroxyl groups is 1. The maximum atomic E-state index is 12.9. The summed E-state index contributed by atoms with van der Waals surface area (Å²) < 4.78 is 16.4. The van der Waals surface area contributed by atoms with Crippen molar-refractivity contribution in [3.63, 3.8) is 0 Å². The van der Waals surface area contributed by atoms with Crippen LogP contribution in [0.2, 0.25) is 0 Å². The van der Waals surface area contributed by atoms with E-state index in [1.54, 1.807) is 31.4 Å². The van der Waals surface area contributed by atoms with Crippen LogP contribution in [0.1, 0.15) is 73.9 Å². The standard InChI is InChI=1S/C30H40N2O6/c1-21-7-6-16-32(21)20-25(30(35)23-12-15-27-28(19-23)38-18-17-37-27)31-29(34)9-5-3-4-8-26(33)22-10-13-24(36-2)14-11-22/h10-15,19,21,25,30,35H,3-9,16-18,20H2,1-2H3,(H,31,34)/t21-,25+,30?/m0/s1. The second kappa shape index (κ2) is 13.6. The number of methoxy groups -OCH3 is 1. The molecule has 1 fully saturated rings. The predicted octanol–water partition coefficient (Wildman–Crippen LogP) is 4.30. The molecule has 2 aromatic rings. The van der Waals surface area contributed by atoms with Crippen LogP contribution in [0.25, 0.3) is 0 Å². The molecule has 1 saturated heterocycles. The van der Waals surface area contributed by atoms with Crippen molar-refractivity contribution >= 4 is 11.7 Å². The molecule has 0 radical (unpaired) electrons. The largest absolute Gasteiger partial charge is 0.497 e. The lowest BCUT2D eigenvalue weighted by atomic mass is 10.00. The van der Waals surface area contributed by atoms with Crippen molar-refractivity contribution in [1.29, 1.82) is 0 Å². The summed E-state index contributed by atoms with van der Waals surface area (Å²) in [6, 6.07) is 12.6. The number of hydrogen-bond acceptors (Lipinski definition) is 7. The van der Waals surface area contributed by atoms with Crippen molar-refractivity contribution in [2.24, 2.45) is 0 Å². The number of nitrogens with zero attached hydrogens (tertiary/aromatic N) is 1. The number of rotatable bonds is 13. The quantitative estimate of drug-likeness (QED) is 0.298. The van der Waals surface area contributed by atoms with Crippen molar-refractivity contribution in [3.05, 3.63) is 53.6 Å². The fourth-order valence-corrected chi connectivity index (χ4v) is 5.17. The zero-order valence-electron chi connectivity index (χ0n) is 22.5. The average molecular weight is 525 g/mol. The molecule has 8 nitrogen and oxygen atoms in total. The molecule has 0 aliphatic carbocycles. The monoisotopic (exact) mass is 524 g/mol. The van der Waals surface area contributed by atoms with Crippen LogP contribution in [0.15, 0.2) is 42.5 Å². The molecule has 0 saturated carbocycles. The number of unbranched alkanes of at least 4 members (excludes halogenated alkanes) is 2. The lowest BCUT2D eigenvalue weighted by Gasteiger charge is -2.31. The first kappa shape index (κ1) is 27.9. The van der Waals surface area contributed by atoms with Gasteiger partial charge in [-0.3, -0.25) is 14.5 Å². The first-order valence-corrected chi connectivity index (χ1v) is 13.7. The van der Waals surface area contributed by atoms with Gasteiger partial charge in [0.15, 0.2) is 17.3 Å². The van der Waals surface area contributed by atoms with Crippen LogP contribution in [-0.4, -0.2) is 67.2 Å². The molecule has 2 aromatic carbocycles. The number of benzene rings is 2. The van der Waals surface area contributed by atoms with Gasteiger partial charge < -0.3 is 24.6 Å². The first-order valence-electron chi connectivity index (χ1n) is 13.7. The van der Waals surface area contributed by atoms with Gasteiger partial charge in [-0.2, -0.15) is 0 Å². The highest BCUT2D eigenvalue weighted by Crippen LogP contribution is 2.34. The van der Waals surface area contributed by atoms with E-state index in [0.29, 0.717) is 67.7 Å². The normalized spacial score (nSPS) is 18.6. The number of amides is 1. The van der Waals surface area contributed by atoms with Crippen LogP contribution in [0.3, 0.4) is 0 Å². The molecule has 0 bridgehead atoms. The summed E-state index contributed by atoms with van der Waals surface area (Å²) >= 11 is 0. The van der Waals surface area contributed by atoms with Crippen molar-refractivity contribution in [2.45, 2.75) is 70.1 Å². The third-order valence-electron chi connectivity index (χ3n) is 7.48. The molecule has 38 heavy (non-hydrogen) atoms. The molecule has 1 amide bonds. The highest BCUT2D eigenvalue weighted by atomic mass is 16.6. The number of nitrogens with one attached hydrogen (secondary N) is 1. The number of fused-ring (bicyclic) bond motifs is 1. The molecule has 3 atom stereocenters. The Bertz CT molecular complexity index is 1070. The van der Waals surface area contributed by atoms with Crippen molar-refractivity contribution in [3.8, 4) is 17.2 Å². The zero-order valence-corrected chi connectivity index (χ0v) is 22.5. The molecule has 1 unspecified atom stereocenters. The molecule has 2 heterocycles. The Morgan fingerprint density at radius 2 is 1.79 bits per heavy atom. The topological polar surface area (TPSA) is 97.3 Å². The lowest BCUT2D eigenvalue weighted by molar-refractivity contribution is -0.123. The maximum absolute atomic E-state index is 12.9. The van der Waals surface area contributed by atoms with Crippen LogP contribution in [-0.2, 0) is 4.79 Å². The van der Waals surface area contributed by atoms with Gasteiger partial charge in [0, 0.05) is 31.0 Å². The van der Waals surface area contributed by atoms with E-state index in [2.05, 4.69) is 17.1 Å². The van der Waals surface area contributed by atoms with Crippen molar-refractivity contribution in [2.75, 3.05) is 33.4 Å². The highest BCUT2D eigenvalue weighted by molar-refractivity contribution is 5.96. The van der Waals surface area contributed by atoms with Gasteiger partial charge in [-0.15, -0.1) is 0 Å². The van der Waals surface area contributed by atoms with Crippen LogP contribution >= 0.6 is 0 Å². The molecule has 2 aliphatic rings. The van der Waals surface area contributed by atoms with E-state index in [4.69, 9.17) is 14.2 Å². The van der Waals surface area contributed by atoms with E-state index in [-0.39, 0.29) is 11.7 Å². The van der Waals surface area contributed by atoms with Gasteiger partial charge in [0.05, 0.1) is 13.2 Å². The second-order valence-electron chi connectivity index (χ2n) is 10.2. The molecule has 0 aromatic heterocycles. The molecule has 0 spiro atoms. The summed E-state index contributed by atoms with van der Waals surface area (Å²) in [5.74, 6) is 2.03. The molecular formula is C30H40N2O6. The van der Waals surface area contributed by atoms with E-state index in [1.807, 2.05) is 18.2 Å². The van der Waals surface area contributed by atoms with Gasteiger partial charge in [0.2, 0.25) is 5.91 Å². The summed E-state index contributed by atoms with van der Waals surface area (Å²) in [6.45, 7) is 4.72. The molecule has 8 heteroatoms. The number of carbonyl (C=O) groups excluding carboxylic acids is 2. The third-order valence-corrected chi connectivity index (χ3v) is 7.48. The number of likely N-dealkylation sites (tertiary alicyclic amines) is 1. The molecular weight excluding hydrogens is 484 g/mol. The Morgan fingerprint density at radius 3 is 2.50 bits per heavy atom. The predicted molar refractivity (Wildman–Crippen MR) is 145 cm³/mol. The molecule has 2 aliphatic heterocycles. The summed E-state index contributed by atoms with van der Waals surface area (Å²) in [5, 5.41) is 14.4. The van der Waals surface area contributed by atoms with Gasteiger partial charge in [0.25, 0.3) is 0 Å². The minimum Gasteiger partial charge on any atom is -0.497 e. The van der Waals surface area contributed by atoms with Gasteiger partial charge in [-0.1, -0.05) is 12.5 Å². The Hall–Kier alpha value is -3.10. The maximum Gasteiger partial charge on any atom is 0.220 e. The van der Waals surface area contributed by atoms with Gasteiger partial charge >= 0.3 is 0 Å². The van der Waals surface area contributed by atoms with E-state index in [1.165, 1.54) is 0 Å². The number of ketones is 1. The number of aliphatic hydroxyl groups excluding tert-OH is 1. The molecule has 4 rings (SSSR count). The minimum absolute atomic E-state index is 0.0834. The van der Waals surface area contributed by atoms with Crippen molar-refractivity contribution in [1.82, 2.24) is 10.2 Å². The van der Waals surface area contributed by atoms with Crippen LogP contribution < -0.4 is 19.5 Å². The zero-order chi connectivity index (χ0) is 26.9. The highest BCUT2D eigenvalue weighted by Gasteiger charge is 2.30. The van der Waals surface area contributed by atoms with Crippen molar-refractivity contribution < 1.29 is 28.9 Å². The van der Waals surface area contributed by atoms with E-state index >= 15 is 0 Å². The first-order chi connectivity index (χ1) is 18.4. The van der Waals surface area contributed by atoms with Gasteiger partial charge in [-0.25, -0.2) is 0 Å². The Balaban J connectivity index is 1.28. The summed E-state index contributed by atoms with van der Waals surface area (Å²) in [5.41, 5.74) is 1.37. The average Bonchev–Trinajstić information content (AvgIpc) is 3.35. The smallest absolute Gasteiger partial charge is 0.220 e. The summed E-state index contributed by atoms with van der Waals surface area (Å²) in [7, 11) is 1.60. The van der Waals surface area contributed by atoms with Gasteiger partial charge in [0.1, 0.15) is 25.1 Å². The number of Topliss-reactive ketones (excluding diaryl/α,β-unsaturated/α-hetero) is 1. The number of hydrogen-bond donors (Lipinski definition) is 2. The van der Waals surface area contributed by atoms with E-state index in [0.717, 1.165) is 38.0 Å². The fraction of sp³-hybridized carbons (Fsp3) is 0.533. The van der Waals surface area contributed by atoms with Gasteiger partial charge in [-0.05, 0) is 81.1 Å². The summed E-state index contributed by atoms with van der Waals surface area (Å²) in [6.07, 6.45) is 4.38. The summed E-state index contributed by atoms with van der Waals surface area (Å²) in [4.78, 5) is 27.6. The number of carbonyl (C=O) groups is 2. The van der Waals surface area contributed by atoms with Crippen LogP contribution in [0.5, 0.6) is 17.2 Å². The Kier molecular flexibility index (Phi) is 10.0. The fourth-order valence-electron chi connectivity index (χ4n) is 5.17. The minimum atomic E-state index is -0.871. The number of ether oxygens (including phenoxy) is 3. The Morgan fingerprint density at radius 1 is 1.05 bits per heavy atom. The van der Waals surface area contributed by atoms with E-state index < -0.39 is 12.1 Å².